The van der Waals surface area contributed by atoms with Crippen LogP contribution in [0.4, 0.5) is 0 Å². The van der Waals surface area contributed by atoms with Gasteiger partial charge in [0.25, 0.3) is 0 Å². The van der Waals surface area contributed by atoms with E-state index in [-0.39, 0.29) is 17.5 Å². The highest BCUT2D eigenvalue weighted by Gasteiger charge is 2.34. The van der Waals surface area contributed by atoms with Crippen LogP contribution in [0.25, 0.3) is 24.3 Å². The van der Waals surface area contributed by atoms with Crippen molar-refractivity contribution in [1.82, 2.24) is 29.9 Å². The zero-order valence-corrected chi connectivity index (χ0v) is 40.7. The number of hydrogen-bond acceptors (Lipinski definition) is 10. The molecular weight excluding hydrogens is 1200 g/mol. The molecule has 2 aromatic heterocycles. The number of alkyl halides is 12. The quantitative estimate of drug-likeness (QED) is 0.158. The van der Waals surface area contributed by atoms with E-state index in [0.717, 1.165) is 11.3 Å². The number of aromatic nitrogens is 6. The van der Waals surface area contributed by atoms with Crippen molar-refractivity contribution in [2.45, 2.75) is 11.9 Å². The van der Waals surface area contributed by atoms with Crippen LogP contribution in [0, 0.1) is 0 Å². The lowest BCUT2D eigenvalue weighted by atomic mass is 10.1. The Morgan fingerprint density at radius 1 is 0.481 bits per heavy atom. The van der Waals surface area contributed by atoms with E-state index < -0.39 is 11.9 Å². The Morgan fingerprint density at radius 2 is 0.865 bits per heavy atom. The molecule has 0 radical (unpaired) electrons. The SMILES string of the molecule is COc1cc(/C=C/c2nc(C(Cl)(Cl)Cl)nc(C(Cl)(Cl)Cl)n2)cc(OC)c1OC.COc1ccc(/C=C/c2nc(C(Br)(Br)Br)nc(C(Br)(Br)Br)n2)cc1. The third-order valence-electron chi connectivity index (χ3n) is 5.97. The van der Waals surface area contributed by atoms with Gasteiger partial charge in [0.15, 0.2) is 50.7 Å². The monoisotopic (exact) mass is 1210 g/mol. The van der Waals surface area contributed by atoms with Crippen LogP contribution in [0.15, 0.2) is 36.4 Å². The number of benzene rings is 2. The Hall–Kier alpha value is -0.240. The molecule has 4 aromatic rings. The fourth-order valence-electron chi connectivity index (χ4n) is 3.69. The molecule has 0 aliphatic heterocycles. The second kappa shape index (κ2) is 19.8. The molecule has 0 aliphatic carbocycles. The van der Waals surface area contributed by atoms with Crippen LogP contribution in [0.5, 0.6) is 23.0 Å². The van der Waals surface area contributed by atoms with E-state index in [1.54, 1.807) is 25.3 Å². The minimum atomic E-state index is -1.93. The van der Waals surface area contributed by atoms with Crippen molar-refractivity contribution in [3.8, 4) is 23.0 Å². The average molecular weight is 1220 g/mol. The smallest absolute Gasteiger partial charge is 0.250 e. The van der Waals surface area contributed by atoms with Gasteiger partial charge in [-0.2, -0.15) is 0 Å². The molecule has 2 aromatic carbocycles. The number of ether oxygens (including phenoxy) is 4. The molecule has 0 atom stereocenters. The number of halogens is 12. The molecule has 10 nitrogen and oxygen atoms in total. The van der Waals surface area contributed by atoms with E-state index in [2.05, 4.69) is 125 Å². The van der Waals surface area contributed by atoms with Crippen LogP contribution in [-0.2, 0) is 11.9 Å². The summed E-state index contributed by atoms with van der Waals surface area (Å²) in [6, 6.07) is 11.1. The first kappa shape index (κ1) is 46.1. The maximum Gasteiger partial charge on any atom is 0.250 e. The highest BCUT2D eigenvalue weighted by atomic mass is 80.0. The Balaban J connectivity index is 0.000000284. The van der Waals surface area contributed by atoms with Gasteiger partial charge in [0.05, 0.1) is 28.4 Å². The first-order valence-electron chi connectivity index (χ1n) is 13.7. The Labute approximate surface area is 379 Å². The molecular formula is C30H22Br6Cl6N6O4. The summed E-state index contributed by atoms with van der Waals surface area (Å²) in [5.74, 6) is 3.43. The number of methoxy groups -OCH3 is 4. The first-order chi connectivity index (χ1) is 24.1. The van der Waals surface area contributed by atoms with Crippen LogP contribution < -0.4 is 18.9 Å². The lowest BCUT2D eigenvalue weighted by Crippen LogP contribution is -2.16. The summed E-state index contributed by atoms with van der Waals surface area (Å²) in [7, 11) is 6.17. The molecule has 0 fully saturated rings. The van der Waals surface area contributed by atoms with Crippen molar-refractivity contribution >= 4 is 189 Å². The largest absolute Gasteiger partial charge is 0.497 e. The van der Waals surface area contributed by atoms with Crippen LogP contribution in [0.3, 0.4) is 0 Å². The zero-order chi connectivity index (χ0) is 39.1. The van der Waals surface area contributed by atoms with Gasteiger partial charge in [-0.3, -0.25) is 0 Å². The summed E-state index contributed by atoms with van der Waals surface area (Å²) < 4.78 is 15.7. The maximum atomic E-state index is 5.86. The number of rotatable bonds is 8. The summed E-state index contributed by atoms with van der Waals surface area (Å²) in [4.78, 5) is 25.3. The molecule has 280 valence electrons. The van der Waals surface area contributed by atoms with Gasteiger partial charge in [0.1, 0.15) is 5.75 Å². The summed E-state index contributed by atoms with van der Waals surface area (Å²) in [5, 5.41) is 0. The standard InChI is InChI=1S/C16H13Cl6N3O3.C14H9Br6N3O/c1-26-9-6-8(7-10(27-2)12(9)28-3)4-5-11-23-13(15(17,18)19)25-14(24-11)16(20,21)22;1-24-9-5-2-8(3-6-9)4-7-10-21-11(13(15,16)17)23-12(22-10)14(18,19)20/h4-7H,1-3H3;2-7H,1H3/b5-4+;7-4+. The van der Waals surface area contributed by atoms with E-state index >= 15 is 0 Å². The van der Waals surface area contributed by atoms with Gasteiger partial charge in [-0.05, 0) is 47.5 Å². The molecule has 0 saturated heterocycles. The van der Waals surface area contributed by atoms with Gasteiger partial charge in [-0.25, -0.2) is 29.9 Å². The summed E-state index contributed by atoms with van der Waals surface area (Å²) >= 11 is 55.7. The van der Waals surface area contributed by atoms with Gasteiger partial charge in [-0.15, -0.1) is 0 Å². The van der Waals surface area contributed by atoms with Gasteiger partial charge in [-0.1, -0.05) is 189 Å². The minimum Gasteiger partial charge on any atom is -0.497 e. The van der Waals surface area contributed by atoms with Crippen LogP contribution >= 0.6 is 165 Å². The number of nitrogens with zero attached hydrogens (tertiary/aromatic N) is 6. The molecule has 0 aliphatic rings. The molecule has 2 heterocycles. The lowest BCUT2D eigenvalue weighted by molar-refractivity contribution is 0.324. The Bertz CT molecular complexity index is 1820. The van der Waals surface area contributed by atoms with Gasteiger partial charge >= 0.3 is 0 Å². The molecule has 4 rings (SSSR count). The normalized spacial score (nSPS) is 12.5. The third kappa shape index (κ3) is 14.1. The van der Waals surface area contributed by atoms with Crippen molar-refractivity contribution in [3.05, 3.63) is 82.5 Å². The minimum absolute atomic E-state index is 0.117. The van der Waals surface area contributed by atoms with Crippen LogP contribution in [-0.4, -0.2) is 58.3 Å². The fourth-order valence-corrected chi connectivity index (χ4v) is 5.27. The van der Waals surface area contributed by atoms with Gasteiger partial charge in [0.2, 0.25) is 13.3 Å². The summed E-state index contributed by atoms with van der Waals surface area (Å²) in [5.41, 5.74) is 1.70. The van der Waals surface area contributed by atoms with E-state index in [9.17, 15) is 0 Å². The first-order valence-corrected chi connectivity index (χ1v) is 20.7. The zero-order valence-electron chi connectivity index (χ0n) is 26.6. The van der Waals surface area contributed by atoms with E-state index in [1.807, 2.05) is 36.4 Å². The molecule has 0 saturated carbocycles. The lowest BCUT2D eigenvalue weighted by Gasteiger charge is -2.16. The number of hydrogen-bond donors (Lipinski definition) is 0. The Kier molecular flexibility index (Phi) is 17.5. The van der Waals surface area contributed by atoms with Gasteiger partial charge in [0, 0.05) is 0 Å². The van der Waals surface area contributed by atoms with Crippen LogP contribution in [0.2, 0.25) is 0 Å². The van der Waals surface area contributed by atoms with Gasteiger partial charge < -0.3 is 18.9 Å². The Morgan fingerprint density at radius 3 is 1.21 bits per heavy atom. The van der Waals surface area contributed by atoms with Crippen LogP contribution in [0.1, 0.15) is 46.1 Å². The van der Waals surface area contributed by atoms with E-state index in [0.29, 0.717) is 40.3 Å². The van der Waals surface area contributed by atoms with Crippen molar-refractivity contribution in [2.24, 2.45) is 0 Å². The maximum absolute atomic E-state index is 5.86. The molecule has 0 spiro atoms. The van der Waals surface area contributed by atoms with Crippen molar-refractivity contribution in [3.63, 3.8) is 0 Å². The fraction of sp³-hybridized carbons (Fsp3) is 0.267. The average Bonchev–Trinajstić information content (AvgIpc) is 3.08. The highest BCUT2D eigenvalue weighted by Crippen LogP contribution is 2.46. The van der Waals surface area contributed by atoms with Crippen molar-refractivity contribution in [1.29, 1.82) is 0 Å². The second-order valence-electron chi connectivity index (χ2n) is 9.57. The molecule has 22 heteroatoms. The molecule has 52 heavy (non-hydrogen) atoms. The highest BCUT2D eigenvalue weighted by molar-refractivity contribution is 9.39. The van der Waals surface area contributed by atoms with E-state index in [4.69, 9.17) is 88.6 Å². The van der Waals surface area contributed by atoms with Crippen molar-refractivity contribution in [2.75, 3.05) is 28.4 Å². The third-order valence-corrected chi connectivity index (χ3v) is 9.11. The summed E-state index contributed by atoms with van der Waals surface area (Å²) in [6.45, 7) is 0. The second-order valence-corrected chi connectivity index (χ2v) is 27.7. The predicted molar refractivity (Wildman–Crippen MR) is 232 cm³/mol. The van der Waals surface area contributed by atoms with E-state index in [1.165, 1.54) is 27.4 Å². The van der Waals surface area contributed by atoms with Crippen molar-refractivity contribution < 1.29 is 18.9 Å². The molecule has 0 amide bonds. The molecule has 0 N–H and O–H groups in total. The summed E-state index contributed by atoms with van der Waals surface area (Å²) in [6.07, 6.45) is 6.93. The topological polar surface area (TPSA) is 114 Å². The molecule has 0 unspecified atom stereocenters. The molecule has 0 bridgehead atoms. The predicted octanol–water partition coefficient (Wildman–Crippen LogP) is 12.4.